The maximum atomic E-state index is 11.9. The molecule has 0 unspecified atom stereocenters. The normalized spacial score (nSPS) is 15.2. The number of para-hydroxylation sites is 1. The van der Waals surface area contributed by atoms with E-state index in [0.717, 1.165) is 0 Å². The molecule has 0 radical (unpaired) electrons. The van der Waals surface area contributed by atoms with Gasteiger partial charge >= 0.3 is 6.09 Å². The smallest absolute Gasteiger partial charge is 0.410 e. The molecule has 0 spiro atoms. The van der Waals surface area contributed by atoms with Crippen molar-refractivity contribution >= 4 is 17.7 Å². The van der Waals surface area contributed by atoms with Gasteiger partial charge in [0.25, 0.3) is 5.69 Å². The van der Waals surface area contributed by atoms with E-state index in [1.165, 1.54) is 6.07 Å². The van der Waals surface area contributed by atoms with E-state index in [2.05, 4.69) is 15.6 Å². The predicted octanol–water partition coefficient (Wildman–Crippen LogP) is 1.88. The molecule has 1 heterocycles. The maximum Gasteiger partial charge on any atom is 0.410 e. The number of hydrogen-bond acceptors (Lipinski definition) is 5. The molecule has 0 saturated carbocycles. The van der Waals surface area contributed by atoms with Crippen LogP contribution in [0.25, 0.3) is 0 Å². The van der Waals surface area contributed by atoms with Crippen LogP contribution in [0.15, 0.2) is 29.3 Å². The molecule has 1 aromatic rings. The van der Waals surface area contributed by atoms with Crippen LogP contribution in [0, 0.1) is 10.1 Å². The molecule has 1 aliphatic heterocycles. The third-order valence-corrected chi connectivity index (χ3v) is 3.73. The van der Waals surface area contributed by atoms with Crippen LogP contribution in [-0.4, -0.2) is 53.7 Å². The molecular formula is C17H25N5O4. The molecule has 1 aromatic carbocycles. The average Bonchev–Trinajstić information content (AvgIpc) is 2.51. The number of nitro groups is 1. The average molecular weight is 363 g/mol. The summed E-state index contributed by atoms with van der Waals surface area (Å²) >= 11 is 0. The number of nitrogens with one attached hydrogen (secondary N) is 2. The summed E-state index contributed by atoms with van der Waals surface area (Å²) in [6.45, 7) is 6.79. The number of amides is 1. The Labute approximate surface area is 152 Å². The summed E-state index contributed by atoms with van der Waals surface area (Å²) in [5, 5.41) is 17.3. The van der Waals surface area contributed by atoms with Gasteiger partial charge in [-0.25, -0.2) is 4.79 Å². The Balaban J connectivity index is 1.82. The number of ether oxygens (including phenoxy) is 1. The van der Waals surface area contributed by atoms with Crippen molar-refractivity contribution in [2.24, 2.45) is 4.99 Å². The lowest BCUT2D eigenvalue weighted by molar-refractivity contribution is -0.385. The minimum Gasteiger partial charge on any atom is -0.444 e. The maximum absolute atomic E-state index is 11.9. The van der Waals surface area contributed by atoms with E-state index in [-0.39, 0.29) is 24.4 Å². The molecule has 9 heteroatoms. The summed E-state index contributed by atoms with van der Waals surface area (Å²) in [6.07, 6.45) is -0.335. The Morgan fingerprint density at radius 1 is 1.38 bits per heavy atom. The lowest BCUT2D eigenvalue weighted by atomic mass is 10.1. The fraction of sp³-hybridized carbons (Fsp3) is 0.529. The summed E-state index contributed by atoms with van der Waals surface area (Å²) in [5.41, 5.74) is 0.122. The highest BCUT2D eigenvalue weighted by Crippen LogP contribution is 2.17. The van der Waals surface area contributed by atoms with Crippen LogP contribution < -0.4 is 10.6 Å². The molecule has 1 amide bonds. The van der Waals surface area contributed by atoms with Crippen LogP contribution in [0.5, 0.6) is 0 Å². The summed E-state index contributed by atoms with van der Waals surface area (Å²) in [6, 6.07) is 6.61. The predicted molar refractivity (Wildman–Crippen MR) is 98.0 cm³/mol. The molecule has 26 heavy (non-hydrogen) atoms. The largest absolute Gasteiger partial charge is 0.444 e. The van der Waals surface area contributed by atoms with Crippen molar-refractivity contribution in [1.82, 2.24) is 15.5 Å². The minimum absolute atomic E-state index is 0.0551. The third-order valence-electron chi connectivity index (χ3n) is 3.73. The first-order chi connectivity index (χ1) is 12.2. The number of carbonyl (C=O) groups excluding carboxylic acids is 1. The second kappa shape index (κ2) is 8.03. The van der Waals surface area contributed by atoms with E-state index in [1.54, 1.807) is 30.1 Å². The Kier molecular flexibility index (Phi) is 6.01. The lowest BCUT2D eigenvalue weighted by Gasteiger charge is -2.40. The summed E-state index contributed by atoms with van der Waals surface area (Å²) in [7, 11) is 1.62. The van der Waals surface area contributed by atoms with E-state index in [1.807, 2.05) is 20.8 Å². The van der Waals surface area contributed by atoms with Gasteiger partial charge in [0.15, 0.2) is 5.96 Å². The molecule has 0 aromatic heterocycles. The molecule has 1 saturated heterocycles. The van der Waals surface area contributed by atoms with Crippen molar-refractivity contribution in [1.29, 1.82) is 0 Å². The summed E-state index contributed by atoms with van der Waals surface area (Å²) in [4.78, 5) is 28.3. The second-order valence-corrected chi connectivity index (χ2v) is 7.04. The van der Waals surface area contributed by atoms with Gasteiger partial charge in [0, 0.05) is 38.3 Å². The van der Waals surface area contributed by atoms with E-state index >= 15 is 0 Å². The van der Waals surface area contributed by atoms with E-state index in [9.17, 15) is 14.9 Å². The second-order valence-electron chi connectivity index (χ2n) is 7.04. The summed E-state index contributed by atoms with van der Waals surface area (Å²) in [5.74, 6) is 0.525. The standard InChI is InChI=1S/C17H25N5O4/c1-17(2,3)26-16(23)21-10-13(11-21)20-15(18-4)19-9-12-7-5-6-8-14(12)22(24)25/h5-8,13H,9-11H2,1-4H3,(H2,18,19,20). The lowest BCUT2D eigenvalue weighted by Crippen LogP contribution is -2.63. The van der Waals surface area contributed by atoms with Gasteiger partial charge in [-0.3, -0.25) is 15.1 Å². The molecule has 1 aliphatic rings. The van der Waals surface area contributed by atoms with Crippen molar-refractivity contribution in [2.75, 3.05) is 20.1 Å². The molecule has 1 fully saturated rings. The first-order valence-corrected chi connectivity index (χ1v) is 8.37. The number of nitrogens with zero attached hydrogens (tertiary/aromatic N) is 3. The first kappa shape index (κ1) is 19.5. The molecule has 2 N–H and O–H groups in total. The van der Waals surface area contributed by atoms with Crippen LogP contribution in [0.1, 0.15) is 26.3 Å². The molecule has 2 rings (SSSR count). The number of hydrogen-bond donors (Lipinski definition) is 2. The van der Waals surface area contributed by atoms with Gasteiger partial charge in [0.1, 0.15) is 5.60 Å². The highest BCUT2D eigenvalue weighted by molar-refractivity contribution is 5.80. The summed E-state index contributed by atoms with van der Waals surface area (Å²) < 4.78 is 5.31. The molecule has 0 atom stereocenters. The minimum atomic E-state index is -0.516. The number of nitro benzene ring substituents is 1. The van der Waals surface area contributed by atoms with Gasteiger partial charge in [-0.2, -0.15) is 0 Å². The van der Waals surface area contributed by atoms with E-state index in [4.69, 9.17) is 4.74 Å². The Morgan fingerprint density at radius 3 is 2.62 bits per heavy atom. The Bertz CT molecular complexity index is 693. The molecular weight excluding hydrogens is 338 g/mol. The van der Waals surface area contributed by atoms with Gasteiger partial charge < -0.3 is 20.3 Å². The fourth-order valence-electron chi connectivity index (χ4n) is 2.45. The molecule has 0 aliphatic carbocycles. The van der Waals surface area contributed by atoms with Crippen LogP contribution >= 0.6 is 0 Å². The van der Waals surface area contributed by atoms with Gasteiger partial charge in [0.05, 0.1) is 11.0 Å². The van der Waals surface area contributed by atoms with Gasteiger partial charge in [0.2, 0.25) is 0 Å². The third kappa shape index (κ3) is 5.33. The topological polar surface area (TPSA) is 109 Å². The number of likely N-dealkylation sites (tertiary alicyclic amines) is 1. The number of aliphatic imine (C=N–C) groups is 1. The zero-order valence-corrected chi connectivity index (χ0v) is 15.5. The molecule has 9 nitrogen and oxygen atoms in total. The highest BCUT2D eigenvalue weighted by atomic mass is 16.6. The zero-order valence-electron chi connectivity index (χ0n) is 15.5. The highest BCUT2D eigenvalue weighted by Gasteiger charge is 2.34. The van der Waals surface area contributed by atoms with E-state index in [0.29, 0.717) is 24.6 Å². The van der Waals surface area contributed by atoms with Crippen molar-refractivity contribution < 1.29 is 14.5 Å². The zero-order chi connectivity index (χ0) is 19.3. The van der Waals surface area contributed by atoms with Crippen LogP contribution in [0.3, 0.4) is 0 Å². The van der Waals surface area contributed by atoms with Crippen molar-refractivity contribution in [2.45, 2.75) is 39.0 Å². The fourth-order valence-corrected chi connectivity index (χ4v) is 2.45. The van der Waals surface area contributed by atoms with Gasteiger partial charge in [-0.15, -0.1) is 0 Å². The van der Waals surface area contributed by atoms with Crippen molar-refractivity contribution in [3.05, 3.63) is 39.9 Å². The molecule has 0 bridgehead atoms. The Morgan fingerprint density at radius 2 is 2.04 bits per heavy atom. The first-order valence-electron chi connectivity index (χ1n) is 8.37. The monoisotopic (exact) mass is 363 g/mol. The van der Waals surface area contributed by atoms with Crippen molar-refractivity contribution in [3.8, 4) is 0 Å². The number of benzene rings is 1. The van der Waals surface area contributed by atoms with Gasteiger partial charge in [-0.1, -0.05) is 18.2 Å². The van der Waals surface area contributed by atoms with Crippen LogP contribution in [-0.2, 0) is 11.3 Å². The SMILES string of the molecule is CN=C(NCc1ccccc1[N+](=O)[O-])NC1CN(C(=O)OC(C)(C)C)C1. The van der Waals surface area contributed by atoms with E-state index < -0.39 is 10.5 Å². The van der Waals surface area contributed by atoms with Crippen LogP contribution in [0.4, 0.5) is 10.5 Å². The van der Waals surface area contributed by atoms with Crippen LogP contribution in [0.2, 0.25) is 0 Å². The number of guanidine groups is 1. The molecule has 142 valence electrons. The van der Waals surface area contributed by atoms with Crippen molar-refractivity contribution in [3.63, 3.8) is 0 Å². The quantitative estimate of drug-likeness (QED) is 0.366. The number of rotatable bonds is 4. The number of carbonyl (C=O) groups is 1. The Hall–Kier alpha value is -2.84. The van der Waals surface area contributed by atoms with Gasteiger partial charge in [-0.05, 0) is 20.8 Å².